The number of carbonyl (C=O) groups excluding carboxylic acids is 1. The molecule has 0 spiro atoms. The Morgan fingerprint density at radius 3 is 2.42 bits per heavy atom. The predicted octanol–water partition coefficient (Wildman–Crippen LogP) is 1.53. The van der Waals surface area contributed by atoms with Gasteiger partial charge < -0.3 is 25.8 Å². The van der Waals surface area contributed by atoms with Crippen molar-refractivity contribution in [2.24, 2.45) is 10.7 Å². The minimum atomic E-state index is -0.539. The average molecular weight is 485 g/mol. The number of nitrogens with one attached hydrogen (secondary N) is 2. The largest absolute Gasteiger partial charge is 0.444 e. The van der Waals surface area contributed by atoms with Crippen LogP contribution in [-0.2, 0) is 9.47 Å². The van der Waals surface area contributed by atoms with Crippen LogP contribution in [0.15, 0.2) is 4.99 Å². The molecule has 0 bridgehead atoms. The van der Waals surface area contributed by atoms with Crippen LogP contribution in [0.1, 0.15) is 41.0 Å². The van der Waals surface area contributed by atoms with E-state index in [9.17, 15) is 4.79 Å². The SMILES string of the molecule is CC(C)(CN=C(N)NCCCN1CCOCC1)NC(=O)OC(C)(C)C.I. The summed E-state index contributed by atoms with van der Waals surface area (Å²) in [6.45, 7) is 15.0. The Morgan fingerprint density at radius 1 is 1.23 bits per heavy atom. The van der Waals surface area contributed by atoms with Crippen molar-refractivity contribution in [1.29, 1.82) is 0 Å². The summed E-state index contributed by atoms with van der Waals surface area (Å²) in [4.78, 5) is 18.5. The number of aliphatic imine (C=N–C) groups is 1. The third-order valence-electron chi connectivity index (χ3n) is 3.54. The van der Waals surface area contributed by atoms with E-state index in [1.54, 1.807) is 0 Å². The number of nitrogens with two attached hydrogens (primary N) is 1. The van der Waals surface area contributed by atoms with E-state index in [2.05, 4.69) is 20.5 Å². The van der Waals surface area contributed by atoms with Crippen LogP contribution in [0.25, 0.3) is 0 Å². The summed E-state index contributed by atoms with van der Waals surface area (Å²) in [5.41, 5.74) is 4.83. The first kappa shape index (κ1) is 25.2. The van der Waals surface area contributed by atoms with E-state index in [-0.39, 0.29) is 24.0 Å². The molecule has 0 aromatic rings. The molecular weight excluding hydrogens is 449 g/mol. The summed E-state index contributed by atoms with van der Waals surface area (Å²) in [6.07, 6.45) is 0.542. The van der Waals surface area contributed by atoms with Crippen molar-refractivity contribution < 1.29 is 14.3 Å². The number of hydrogen-bond donors (Lipinski definition) is 3. The summed E-state index contributed by atoms with van der Waals surface area (Å²) >= 11 is 0. The number of rotatable bonds is 7. The first-order chi connectivity index (χ1) is 11.6. The van der Waals surface area contributed by atoms with Crippen molar-refractivity contribution in [2.75, 3.05) is 45.9 Å². The van der Waals surface area contributed by atoms with Crippen LogP contribution in [0.4, 0.5) is 4.79 Å². The smallest absolute Gasteiger partial charge is 0.408 e. The van der Waals surface area contributed by atoms with Gasteiger partial charge in [0.2, 0.25) is 0 Å². The molecule has 0 aromatic heterocycles. The molecular formula is C17H36IN5O3. The zero-order valence-electron chi connectivity index (χ0n) is 16.8. The lowest BCUT2D eigenvalue weighted by atomic mass is 10.1. The fourth-order valence-corrected chi connectivity index (χ4v) is 2.30. The predicted molar refractivity (Wildman–Crippen MR) is 115 cm³/mol. The highest BCUT2D eigenvalue weighted by molar-refractivity contribution is 14.0. The van der Waals surface area contributed by atoms with E-state index in [0.717, 1.165) is 45.8 Å². The van der Waals surface area contributed by atoms with E-state index in [4.69, 9.17) is 15.2 Å². The molecule has 0 aliphatic carbocycles. The molecule has 0 saturated carbocycles. The fraction of sp³-hybridized carbons (Fsp3) is 0.882. The van der Waals surface area contributed by atoms with E-state index in [0.29, 0.717) is 12.5 Å². The molecule has 0 atom stereocenters. The van der Waals surface area contributed by atoms with Gasteiger partial charge in [-0.15, -0.1) is 24.0 Å². The quantitative estimate of drug-likeness (QED) is 0.219. The topological polar surface area (TPSA) is 101 Å². The molecule has 1 fully saturated rings. The Bertz CT molecular complexity index is 446. The minimum Gasteiger partial charge on any atom is -0.444 e. The summed E-state index contributed by atoms with van der Waals surface area (Å²) in [6, 6.07) is 0. The Morgan fingerprint density at radius 2 is 1.85 bits per heavy atom. The zero-order valence-corrected chi connectivity index (χ0v) is 19.1. The number of alkyl carbamates (subject to hydrolysis) is 1. The number of morpholine rings is 1. The monoisotopic (exact) mass is 485 g/mol. The maximum absolute atomic E-state index is 11.8. The minimum absolute atomic E-state index is 0. The maximum Gasteiger partial charge on any atom is 0.408 e. The summed E-state index contributed by atoms with van der Waals surface area (Å²) in [7, 11) is 0. The Balaban J connectivity index is 0.00000625. The maximum atomic E-state index is 11.8. The van der Waals surface area contributed by atoms with Gasteiger partial charge >= 0.3 is 6.09 Å². The molecule has 1 aliphatic heterocycles. The van der Waals surface area contributed by atoms with Crippen LogP contribution >= 0.6 is 24.0 Å². The fourth-order valence-electron chi connectivity index (χ4n) is 2.30. The molecule has 0 unspecified atom stereocenters. The third-order valence-corrected chi connectivity index (χ3v) is 3.54. The van der Waals surface area contributed by atoms with Crippen LogP contribution < -0.4 is 16.4 Å². The van der Waals surface area contributed by atoms with Gasteiger partial charge in [0.25, 0.3) is 0 Å². The molecule has 26 heavy (non-hydrogen) atoms. The Labute approximate surface area is 174 Å². The van der Waals surface area contributed by atoms with Crippen LogP contribution in [0, 0.1) is 0 Å². The molecule has 1 amide bonds. The van der Waals surface area contributed by atoms with Crippen LogP contribution in [-0.4, -0.2) is 74.0 Å². The van der Waals surface area contributed by atoms with Crippen molar-refractivity contribution >= 4 is 36.0 Å². The number of ether oxygens (including phenoxy) is 2. The molecule has 0 radical (unpaired) electrons. The Kier molecular flexibility index (Phi) is 11.4. The first-order valence-electron chi connectivity index (χ1n) is 8.92. The van der Waals surface area contributed by atoms with E-state index >= 15 is 0 Å². The Hall–Kier alpha value is -0.810. The van der Waals surface area contributed by atoms with E-state index in [1.165, 1.54) is 0 Å². The van der Waals surface area contributed by atoms with Gasteiger partial charge in [-0.2, -0.15) is 0 Å². The number of nitrogens with zero attached hydrogens (tertiary/aromatic N) is 2. The van der Waals surface area contributed by atoms with Gasteiger partial charge in [0, 0.05) is 19.6 Å². The van der Waals surface area contributed by atoms with Gasteiger partial charge in [-0.05, 0) is 47.6 Å². The van der Waals surface area contributed by atoms with Gasteiger partial charge in [0.15, 0.2) is 5.96 Å². The molecule has 0 aromatic carbocycles. The summed E-state index contributed by atoms with van der Waals surface area (Å²) in [5, 5.41) is 5.92. The lowest BCUT2D eigenvalue weighted by Gasteiger charge is -2.27. The van der Waals surface area contributed by atoms with Gasteiger partial charge in [-0.25, -0.2) is 4.79 Å². The van der Waals surface area contributed by atoms with Gasteiger partial charge in [-0.3, -0.25) is 9.89 Å². The second-order valence-electron chi connectivity index (χ2n) is 7.95. The number of carbonyl (C=O) groups is 1. The highest BCUT2D eigenvalue weighted by Gasteiger charge is 2.24. The molecule has 1 saturated heterocycles. The van der Waals surface area contributed by atoms with Crippen LogP contribution in [0.5, 0.6) is 0 Å². The van der Waals surface area contributed by atoms with Gasteiger partial charge in [0.05, 0.1) is 25.3 Å². The van der Waals surface area contributed by atoms with Crippen molar-refractivity contribution in [3.05, 3.63) is 0 Å². The normalized spacial score (nSPS) is 16.6. The summed E-state index contributed by atoms with van der Waals surface area (Å²) < 4.78 is 10.6. The van der Waals surface area contributed by atoms with Crippen molar-refractivity contribution in [3.8, 4) is 0 Å². The van der Waals surface area contributed by atoms with E-state index in [1.807, 2.05) is 34.6 Å². The lowest BCUT2D eigenvalue weighted by molar-refractivity contribution is 0.0376. The number of halogens is 1. The second-order valence-corrected chi connectivity index (χ2v) is 7.95. The molecule has 1 rings (SSSR count). The van der Waals surface area contributed by atoms with E-state index < -0.39 is 17.2 Å². The molecule has 8 nitrogen and oxygen atoms in total. The van der Waals surface area contributed by atoms with Gasteiger partial charge in [-0.1, -0.05) is 0 Å². The third kappa shape index (κ3) is 12.5. The second kappa shape index (κ2) is 11.8. The first-order valence-corrected chi connectivity index (χ1v) is 8.92. The highest BCUT2D eigenvalue weighted by Crippen LogP contribution is 2.09. The number of amides is 1. The highest BCUT2D eigenvalue weighted by atomic mass is 127. The number of guanidine groups is 1. The molecule has 1 heterocycles. The standard InChI is InChI=1S/C17H35N5O3.HI/c1-16(2,3)25-15(23)21-17(4,5)13-20-14(18)19-7-6-8-22-9-11-24-12-10-22;/h6-13H2,1-5H3,(H,21,23)(H3,18,19,20);1H. The molecule has 4 N–H and O–H groups in total. The number of hydrogen-bond acceptors (Lipinski definition) is 5. The molecule has 9 heteroatoms. The van der Waals surface area contributed by atoms with Crippen molar-refractivity contribution in [1.82, 2.24) is 15.5 Å². The summed E-state index contributed by atoms with van der Waals surface area (Å²) in [5.74, 6) is 0.390. The van der Waals surface area contributed by atoms with Crippen molar-refractivity contribution in [2.45, 2.75) is 52.2 Å². The zero-order chi connectivity index (χ0) is 18.9. The van der Waals surface area contributed by atoms with Crippen LogP contribution in [0.3, 0.4) is 0 Å². The average Bonchev–Trinajstić information content (AvgIpc) is 2.48. The van der Waals surface area contributed by atoms with Crippen molar-refractivity contribution in [3.63, 3.8) is 0 Å². The molecule has 154 valence electrons. The molecule has 1 aliphatic rings. The van der Waals surface area contributed by atoms with Gasteiger partial charge in [0.1, 0.15) is 5.60 Å². The van der Waals surface area contributed by atoms with Crippen LogP contribution in [0.2, 0.25) is 0 Å². The lowest BCUT2D eigenvalue weighted by Crippen LogP contribution is -2.48.